The highest BCUT2D eigenvalue weighted by Gasteiger charge is 2.22. The van der Waals surface area contributed by atoms with Gasteiger partial charge in [-0.15, -0.1) is 0 Å². The van der Waals surface area contributed by atoms with Crippen molar-refractivity contribution in [2.75, 3.05) is 17.6 Å². The normalized spacial score (nSPS) is 15.1. The van der Waals surface area contributed by atoms with Gasteiger partial charge < -0.3 is 16.4 Å². The second kappa shape index (κ2) is 3.83. The van der Waals surface area contributed by atoms with E-state index in [4.69, 9.17) is 5.73 Å². The predicted molar refractivity (Wildman–Crippen MR) is 56.2 cm³/mol. The number of aromatic nitrogens is 1. The minimum atomic E-state index is 0.0151. The van der Waals surface area contributed by atoms with Crippen LogP contribution in [0.5, 0.6) is 0 Å². The lowest BCUT2D eigenvalue weighted by atomic mass is 10.5. The lowest BCUT2D eigenvalue weighted by Gasteiger charge is -2.03. The van der Waals surface area contributed by atoms with E-state index in [1.54, 1.807) is 6.20 Å². The molecule has 5 nitrogen and oxygen atoms in total. The van der Waals surface area contributed by atoms with Crippen LogP contribution in [0.3, 0.4) is 0 Å². The molecule has 14 heavy (non-hydrogen) atoms. The lowest BCUT2D eigenvalue weighted by Crippen LogP contribution is -2.31. The zero-order chi connectivity index (χ0) is 9.97. The van der Waals surface area contributed by atoms with Crippen LogP contribution in [0.2, 0.25) is 0 Å². The summed E-state index contributed by atoms with van der Waals surface area (Å²) < 4.78 is 0. The monoisotopic (exact) mass is 212 g/mol. The Morgan fingerprint density at radius 3 is 3.07 bits per heavy atom. The number of nitrogens with one attached hydrogen (secondary N) is 2. The molecule has 0 bridgehead atoms. The van der Waals surface area contributed by atoms with Gasteiger partial charge in [0.15, 0.2) is 5.13 Å². The Morgan fingerprint density at radius 2 is 2.50 bits per heavy atom. The first-order valence-electron chi connectivity index (χ1n) is 4.48. The van der Waals surface area contributed by atoms with Gasteiger partial charge in [-0.2, -0.15) is 0 Å². The zero-order valence-electron chi connectivity index (χ0n) is 7.62. The maximum Gasteiger partial charge on any atom is 0.239 e. The van der Waals surface area contributed by atoms with Crippen LogP contribution < -0.4 is 16.4 Å². The van der Waals surface area contributed by atoms with E-state index in [1.165, 1.54) is 11.3 Å². The molecule has 1 aromatic heterocycles. The summed E-state index contributed by atoms with van der Waals surface area (Å²) in [4.78, 5) is 15.2. The molecule has 4 N–H and O–H groups in total. The third kappa shape index (κ3) is 2.59. The van der Waals surface area contributed by atoms with Gasteiger partial charge in [0.2, 0.25) is 5.91 Å². The first kappa shape index (κ1) is 9.26. The molecule has 1 fully saturated rings. The van der Waals surface area contributed by atoms with Gasteiger partial charge in [-0.1, -0.05) is 11.3 Å². The molecule has 0 saturated heterocycles. The fraction of sp³-hybridized carbons (Fsp3) is 0.500. The highest BCUT2D eigenvalue weighted by Crippen LogP contribution is 2.20. The molecule has 0 radical (unpaired) electrons. The minimum absolute atomic E-state index is 0.0151. The van der Waals surface area contributed by atoms with E-state index in [0.29, 0.717) is 16.2 Å². The maximum atomic E-state index is 11.2. The molecule has 1 aliphatic rings. The van der Waals surface area contributed by atoms with Crippen molar-refractivity contribution in [1.29, 1.82) is 0 Å². The van der Waals surface area contributed by atoms with Gasteiger partial charge in [0.05, 0.1) is 12.7 Å². The number of rotatable bonds is 4. The van der Waals surface area contributed by atoms with Crippen LogP contribution in [0.4, 0.5) is 10.1 Å². The van der Waals surface area contributed by atoms with E-state index in [-0.39, 0.29) is 12.5 Å². The van der Waals surface area contributed by atoms with Gasteiger partial charge in [-0.25, -0.2) is 4.98 Å². The fourth-order valence-electron chi connectivity index (χ4n) is 1.03. The van der Waals surface area contributed by atoms with Crippen LogP contribution in [-0.4, -0.2) is 23.5 Å². The van der Waals surface area contributed by atoms with Crippen molar-refractivity contribution in [3.63, 3.8) is 0 Å². The molecule has 1 saturated carbocycles. The van der Waals surface area contributed by atoms with Crippen molar-refractivity contribution >= 4 is 27.4 Å². The Labute approximate surface area is 85.7 Å². The van der Waals surface area contributed by atoms with E-state index >= 15 is 0 Å². The number of hydrogen-bond donors (Lipinski definition) is 3. The van der Waals surface area contributed by atoms with E-state index in [0.717, 1.165) is 12.8 Å². The Kier molecular flexibility index (Phi) is 2.53. The molecule has 76 valence electrons. The topological polar surface area (TPSA) is 80.0 Å². The summed E-state index contributed by atoms with van der Waals surface area (Å²) >= 11 is 1.34. The maximum absolute atomic E-state index is 11.2. The van der Waals surface area contributed by atoms with Gasteiger partial charge in [0.25, 0.3) is 0 Å². The Morgan fingerprint density at radius 1 is 1.71 bits per heavy atom. The van der Waals surface area contributed by atoms with Gasteiger partial charge >= 0.3 is 0 Å². The third-order valence-corrected chi connectivity index (χ3v) is 2.65. The molecule has 0 aliphatic heterocycles. The summed E-state index contributed by atoms with van der Waals surface area (Å²) in [7, 11) is 0. The first-order chi connectivity index (χ1) is 6.74. The number of amides is 1. The second-order valence-corrected chi connectivity index (χ2v) is 4.33. The Hall–Kier alpha value is -1.30. The van der Waals surface area contributed by atoms with Crippen molar-refractivity contribution in [1.82, 2.24) is 10.3 Å². The van der Waals surface area contributed by atoms with Crippen molar-refractivity contribution < 1.29 is 4.79 Å². The Bertz CT molecular complexity index is 334. The van der Waals surface area contributed by atoms with Crippen LogP contribution in [0.1, 0.15) is 12.8 Å². The SMILES string of the molecule is Nc1cnc(NCC(=O)NC2CC2)s1. The summed E-state index contributed by atoms with van der Waals surface area (Å²) in [6.07, 6.45) is 3.79. The van der Waals surface area contributed by atoms with Crippen LogP contribution in [0.15, 0.2) is 6.20 Å². The van der Waals surface area contributed by atoms with E-state index in [1.807, 2.05) is 0 Å². The van der Waals surface area contributed by atoms with Crippen LogP contribution in [0, 0.1) is 0 Å². The van der Waals surface area contributed by atoms with Gasteiger partial charge in [0, 0.05) is 6.04 Å². The number of anilines is 2. The van der Waals surface area contributed by atoms with Crippen LogP contribution >= 0.6 is 11.3 Å². The molecule has 2 rings (SSSR count). The number of nitrogen functional groups attached to an aromatic ring is 1. The molecule has 1 aliphatic carbocycles. The minimum Gasteiger partial charge on any atom is -0.389 e. The van der Waals surface area contributed by atoms with Gasteiger partial charge in [-0.05, 0) is 12.8 Å². The summed E-state index contributed by atoms with van der Waals surface area (Å²) in [5, 5.41) is 7.13. The summed E-state index contributed by atoms with van der Waals surface area (Å²) in [5.74, 6) is 0.0151. The van der Waals surface area contributed by atoms with Crippen LogP contribution in [0.25, 0.3) is 0 Å². The first-order valence-corrected chi connectivity index (χ1v) is 5.30. The molecule has 1 aromatic rings. The Balaban J connectivity index is 1.73. The van der Waals surface area contributed by atoms with Crippen LogP contribution in [-0.2, 0) is 4.79 Å². The summed E-state index contributed by atoms with van der Waals surface area (Å²) in [6, 6.07) is 0.408. The molecule has 0 spiro atoms. The summed E-state index contributed by atoms with van der Waals surface area (Å²) in [6.45, 7) is 0.267. The van der Waals surface area contributed by atoms with Gasteiger partial charge in [0.1, 0.15) is 5.00 Å². The van der Waals surface area contributed by atoms with Crippen molar-refractivity contribution in [3.8, 4) is 0 Å². The molecule has 0 aromatic carbocycles. The highest BCUT2D eigenvalue weighted by atomic mass is 32.1. The van der Waals surface area contributed by atoms with E-state index in [2.05, 4.69) is 15.6 Å². The quantitative estimate of drug-likeness (QED) is 0.675. The van der Waals surface area contributed by atoms with E-state index < -0.39 is 0 Å². The van der Waals surface area contributed by atoms with Crippen molar-refractivity contribution in [3.05, 3.63) is 6.20 Å². The molecule has 0 atom stereocenters. The summed E-state index contributed by atoms with van der Waals surface area (Å²) in [5.41, 5.74) is 5.49. The van der Waals surface area contributed by atoms with E-state index in [9.17, 15) is 4.79 Å². The fourth-order valence-corrected chi connectivity index (χ4v) is 1.61. The standard InChI is InChI=1S/C8H12N4OS/c9-6-3-10-8(14-6)11-4-7(13)12-5-1-2-5/h3,5H,1-2,4,9H2,(H,10,11)(H,12,13). The predicted octanol–water partition coefficient (Wildman–Crippen LogP) is 0.416. The smallest absolute Gasteiger partial charge is 0.239 e. The highest BCUT2D eigenvalue weighted by molar-refractivity contribution is 7.19. The number of hydrogen-bond acceptors (Lipinski definition) is 5. The second-order valence-electron chi connectivity index (χ2n) is 3.26. The third-order valence-electron chi connectivity index (χ3n) is 1.87. The lowest BCUT2D eigenvalue weighted by molar-refractivity contribution is -0.119. The molecule has 0 unspecified atom stereocenters. The molecule has 1 heterocycles. The number of nitrogens with two attached hydrogens (primary N) is 1. The van der Waals surface area contributed by atoms with Crippen molar-refractivity contribution in [2.45, 2.75) is 18.9 Å². The van der Waals surface area contributed by atoms with Crippen molar-refractivity contribution in [2.24, 2.45) is 0 Å². The molecule has 6 heteroatoms. The average molecular weight is 212 g/mol. The number of carbonyl (C=O) groups is 1. The largest absolute Gasteiger partial charge is 0.389 e. The zero-order valence-corrected chi connectivity index (χ0v) is 8.43. The molecular formula is C8H12N4OS. The van der Waals surface area contributed by atoms with Gasteiger partial charge in [-0.3, -0.25) is 4.79 Å². The molecular weight excluding hydrogens is 200 g/mol. The average Bonchev–Trinajstić information content (AvgIpc) is 2.85. The number of thiazole rings is 1. The number of nitrogens with zero attached hydrogens (tertiary/aromatic N) is 1. The number of carbonyl (C=O) groups excluding carboxylic acids is 1. The molecule has 1 amide bonds.